The van der Waals surface area contributed by atoms with E-state index in [2.05, 4.69) is 24.3 Å². The van der Waals surface area contributed by atoms with Crippen molar-refractivity contribution >= 4 is 11.9 Å². The molecule has 1 unspecified atom stereocenters. The normalized spacial score (nSPS) is 18.7. The summed E-state index contributed by atoms with van der Waals surface area (Å²) in [6, 6.07) is 16.6. The number of benzene rings is 2. The monoisotopic (exact) mass is 363 g/mol. The molecule has 1 heterocycles. The maximum Gasteiger partial charge on any atom is 0.410 e. The highest BCUT2D eigenvalue weighted by Crippen LogP contribution is 2.44. The van der Waals surface area contributed by atoms with Gasteiger partial charge in [-0.15, -0.1) is 0 Å². The van der Waals surface area contributed by atoms with Gasteiger partial charge in [0.1, 0.15) is 12.4 Å². The van der Waals surface area contributed by atoms with Crippen molar-refractivity contribution in [2.75, 3.05) is 13.2 Å². The SMILES string of the molecule is CC(=O)CC1CCCCN1C(=O)OCC1c2ccccc2-c2ccccc21. The van der Waals surface area contributed by atoms with Crippen LogP contribution in [-0.4, -0.2) is 36.0 Å². The lowest BCUT2D eigenvalue weighted by molar-refractivity contribution is -0.118. The minimum atomic E-state index is -0.289. The zero-order valence-electron chi connectivity index (χ0n) is 15.7. The standard InChI is InChI=1S/C23H25NO3/c1-16(25)14-17-8-6-7-13-24(17)23(26)27-15-22-20-11-4-2-9-18(20)19-10-3-5-12-21(19)22/h2-5,9-12,17,22H,6-8,13-15H2,1H3. The predicted octanol–water partition coefficient (Wildman–Crippen LogP) is 4.77. The molecule has 0 radical (unpaired) electrons. The summed E-state index contributed by atoms with van der Waals surface area (Å²) in [4.78, 5) is 26.1. The van der Waals surface area contributed by atoms with Crippen LogP contribution >= 0.6 is 0 Å². The Bertz CT molecular complexity index is 815. The first-order valence-corrected chi connectivity index (χ1v) is 9.76. The van der Waals surface area contributed by atoms with E-state index in [9.17, 15) is 9.59 Å². The van der Waals surface area contributed by atoms with Gasteiger partial charge >= 0.3 is 6.09 Å². The number of likely N-dealkylation sites (tertiary alicyclic amines) is 1. The smallest absolute Gasteiger partial charge is 0.410 e. The van der Waals surface area contributed by atoms with E-state index < -0.39 is 0 Å². The zero-order valence-corrected chi connectivity index (χ0v) is 15.7. The Labute approximate surface area is 160 Å². The van der Waals surface area contributed by atoms with Gasteiger partial charge in [-0.3, -0.25) is 4.79 Å². The van der Waals surface area contributed by atoms with Gasteiger partial charge in [-0.1, -0.05) is 48.5 Å². The summed E-state index contributed by atoms with van der Waals surface area (Å²) < 4.78 is 5.77. The molecule has 4 rings (SSSR count). The first-order chi connectivity index (χ1) is 13.1. The third-order valence-corrected chi connectivity index (χ3v) is 5.72. The summed E-state index contributed by atoms with van der Waals surface area (Å²) >= 11 is 0. The van der Waals surface area contributed by atoms with Crippen LogP contribution in [0.15, 0.2) is 48.5 Å². The highest BCUT2D eigenvalue weighted by atomic mass is 16.6. The van der Waals surface area contributed by atoms with Crippen LogP contribution < -0.4 is 0 Å². The average molecular weight is 363 g/mol. The van der Waals surface area contributed by atoms with E-state index in [0.717, 1.165) is 19.3 Å². The number of hydrogen-bond acceptors (Lipinski definition) is 3. The van der Waals surface area contributed by atoms with Crippen LogP contribution in [-0.2, 0) is 9.53 Å². The molecule has 1 fully saturated rings. The van der Waals surface area contributed by atoms with Crippen molar-refractivity contribution in [1.82, 2.24) is 4.90 Å². The average Bonchev–Trinajstić information content (AvgIpc) is 3.00. The lowest BCUT2D eigenvalue weighted by atomic mass is 9.98. The number of piperidine rings is 1. The zero-order chi connectivity index (χ0) is 18.8. The summed E-state index contributed by atoms with van der Waals surface area (Å²) in [5.74, 6) is 0.191. The second-order valence-electron chi connectivity index (χ2n) is 7.55. The van der Waals surface area contributed by atoms with Gasteiger partial charge in [0, 0.05) is 24.9 Å². The molecule has 1 saturated heterocycles. The molecule has 0 N–H and O–H groups in total. The number of ether oxygens (including phenoxy) is 1. The molecule has 0 saturated carbocycles. The molecule has 4 nitrogen and oxygen atoms in total. The number of amides is 1. The Hall–Kier alpha value is -2.62. The van der Waals surface area contributed by atoms with E-state index >= 15 is 0 Å². The van der Waals surface area contributed by atoms with Crippen molar-refractivity contribution in [3.05, 3.63) is 59.7 Å². The van der Waals surface area contributed by atoms with Crippen molar-refractivity contribution in [1.29, 1.82) is 0 Å². The van der Waals surface area contributed by atoms with Gasteiger partial charge in [0.25, 0.3) is 0 Å². The molecule has 2 aromatic rings. The number of ketones is 1. The minimum absolute atomic E-state index is 0.0214. The van der Waals surface area contributed by atoms with Crippen molar-refractivity contribution in [2.24, 2.45) is 0 Å². The number of carbonyl (C=O) groups is 2. The van der Waals surface area contributed by atoms with Crippen LogP contribution in [0.25, 0.3) is 11.1 Å². The molecular formula is C23H25NO3. The Morgan fingerprint density at radius 3 is 2.26 bits per heavy atom. The van der Waals surface area contributed by atoms with Crippen molar-refractivity contribution < 1.29 is 14.3 Å². The number of hydrogen-bond donors (Lipinski definition) is 0. The molecule has 1 aliphatic carbocycles. The minimum Gasteiger partial charge on any atom is -0.448 e. The van der Waals surface area contributed by atoms with E-state index in [1.807, 2.05) is 24.3 Å². The number of fused-ring (bicyclic) bond motifs is 3. The molecule has 1 aliphatic heterocycles. The molecule has 4 heteroatoms. The fourth-order valence-corrected chi connectivity index (χ4v) is 4.46. The van der Waals surface area contributed by atoms with Gasteiger partial charge in [0.2, 0.25) is 0 Å². The summed E-state index contributed by atoms with van der Waals surface area (Å²) in [5.41, 5.74) is 4.87. The summed E-state index contributed by atoms with van der Waals surface area (Å²) in [6.07, 6.45) is 3.04. The van der Waals surface area contributed by atoms with Crippen molar-refractivity contribution in [3.63, 3.8) is 0 Å². The van der Waals surface area contributed by atoms with E-state index in [0.29, 0.717) is 19.6 Å². The molecule has 2 aliphatic rings. The van der Waals surface area contributed by atoms with Gasteiger partial charge < -0.3 is 9.64 Å². The topological polar surface area (TPSA) is 46.6 Å². The quantitative estimate of drug-likeness (QED) is 0.786. The lowest BCUT2D eigenvalue weighted by Crippen LogP contribution is -2.45. The first-order valence-electron chi connectivity index (χ1n) is 9.76. The molecule has 1 atom stereocenters. The second kappa shape index (κ2) is 7.55. The Morgan fingerprint density at radius 1 is 1.00 bits per heavy atom. The Balaban J connectivity index is 1.50. The Kier molecular flexibility index (Phi) is 4.97. The van der Waals surface area contributed by atoms with Crippen LogP contribution in [0.2, 0.25) is 0 Å². The Morgan fingerprint density at radius 2 is 1.63 bits per heavy atom. The predicted molar refractivity (Wildman–Crippen MR) is 105 cm³/mol. The van der Waals surface area contributed by atoms with E-state index in [1.165, 1.54) is 22.3 Å². The number of Topliss-reactive ketones (excluding diaryl/α,β-unsaturated/α-hetero) is 1. The van der Waals surface area contributed by atoms with Crippen LogP contribution in [0.5, 0.6) is 0 Å². The van der Waals surface area contributed by atoms with E-state index in [1.54, 1.807) is 11.8 Å². The van der Waals surface area contributed by atoms with Crippen LogP contribution in [0, 0.1) is 0 Å². The fourth-order valence-electron chi connectivity index (χ4n) is 4.46. The lowest BCUT2D eigenvalue weighted by Gasteiger charge is -2.34. The molecule has 27 heavy (non-hydrogen) atoms. The molecule has 2 aromatic carbocycles. The molecular weight excluding hydrogens is 338 g/mol. The van der Waals surface area contributed by atoms with E-state index in [-0.39, 0.29) is 23.8 Å². The number of nitrogens with zero attached hydrogens (tertiary/aromatic N) is 1. The largest absolute Gasteiger partial charge is 0.448 e. The highest BCUT2D eigenvalue weighted by molar-refractivity contribution is 5.79. The number of rotatable bonds is 4. The van der Waals surface area contributed by atoms with Crippen LogP contribution in [0.1, 0.15) is 49.7 Å². The molecule has 0 aromatic heterocycles. The summed E-state index contributed by atoms with van der Waals surface area (Å²) in [7, 11) is 0. The van der Waals surface area contributed by atoms with Crippen molar-refractivity contribution in [2.45, 2.75) is 44.6 Å². The second-order valence-corrected chi connectivity index (χ2v) is 7.55. The molecule has 0 spiro atoms. The molecule has 140 valence electrons. The summed E-state index contributed by atoms with van der Waals surface area (Å²) in [5, 5.41) is 0. The van der Waals surface area contributed by atoms with Gasteiger partial charge in [-0.25, -0.2) is 4.79 Å². The van der Waals surface area contributed by atoms with Crippen molar-refractivity contribution in [3.8, 4) is 11.1 Å². The first kappa shape index (κ1) is 17.8. The highest BCUT2D eigenvalue weighted by Gasteiger charge is 2.32. The van der Waals surface area contributed by atoms with Gasteiger partial charge in [0.15, 0.2) is 0 Å². The van der Waals surface area contributed by atoms with Gasteiger partial charge in [-0.2, -0.15) is 0 Å². The van der Waals surface area contributed by atoms with Gasteiger partial charge in [-0.05, 0) is 48.4 Å². The maximum atomic E-state index is 12.8. The van der Waals surface area contributed by atoms with Gasteiger partial charge in [0.05, 0.1) is 0 Å². The fraction of sp³-hybridized carbons (Fsp3) is 0.391. The maximum absolute atomic E-state index is 12.8. The van der Waals surface area contributed by atoms with E-state index in [4.69, 9.17) is 4.74 Å². The number of carbonyl (C=O) groups excluding carboxylic acids is 2. The van der Waals surface area contributed by atoms with Crippen LogP contribution in [0.4, 0.5) is 4.79 Å². The molecule has 0 bridgehead atoms. The molecule has 1 amide bonds. The van der Waals surface area contributed by atoms with Crippen LogP contribution in [0.3, 0.4) is 0 Å². The summed E-state index contributed by atoms with van der Waals surface area (Å²) in [6.45, 7) is 2.59. The third-order valence-electron chi connectivity index (χ3n) is 5.72. The third kappa shape index (κ3) is 3.48.